The molecule has 0 spiro atoms. The summed E-state index contributed by atoms with van der Waals surface area (Å²) in [6, 6.07) is 11.7. The summed E-state index contributed by atoms with van der Waals surface area (Å²) >= 11 is 0. The number of amides is 2. The van der Waals surface area contributed by atoms with E-state index in [1.165, 1.54) is 0 Å². The number of benzene rings is 1. The third-order valence-electron chi connectivity index (χ3n) is 4.50. The lowest BCUT2D eigenvalue weighted by Gasteiger charge is -2.32. The molecule has 25 heavy (non-hydrogen) atoms. The van der Waals surface area contributed by atoms with Crippen molar-refractivity contribution in [2.75, 3.05) is 11.9 Å². The Kier molecular flexibility index (Phi) is 4.97. The van der Waals surface area contributed by atoms with E-state index in [2.05, 4.69) is 20.9 Å². The van der Waals surface area contributed by atoms with Gasteiger partial charge in [-0.2, -0.15) is 0 Å². The Bertz CT molecular complexity index is 734. The predicted molar refractivity (Wildman–Crippen MR) is 96.2 cm³/mol. The minimum absolute atomic E-state index is 0.0163. The Morgan fingerprint density at radius 1 is 1.16 bits per heavy atom. The van der Waals surface area contributed by atoms with E-state index in [0.717, 1.165) is 16.9 Å². The number of aromatic nitrogens is 1. The quantitative estimate of drug-likeness (QED) is 0.781. The maximum atomic E-state index is 12.4. The molecule has 0 bridgehead atoms. The Labute approximate surface area is 147 Å². The first kappa shape index (κ1) is 17.0. The van der Waals surface area contributed by atoms with E-state index in [0.29, 0.717) is 25.9 Å². The van der Waals surface area contributed by atoms with Gasteiger partial charge in [0.15, 0.2) is 0 Å². The fraction of sp³-hybridized carbons (Fsp3) is 0.316. The van der Waals surface area contributed by atoms with Crippen molar-refractivity contribution in [2.45, 2.75) is 26.3 Å². The molecule has 0 saturated carbocycles. The molecule has 1 aliphatic heterocycles. The molecule has 0 aliphatic carbocycles. The summed E-state index contributed by atoms with van der Waals surface area (Å²) in [6.07, 6.45) is 4.46. The van der Waals surface area contributed by atoms with Crippen LogP contribution < -0.4 is 16.0 Å². The Morgan fingerprint density at radius 3 is 2.48 bits per heavy atom. The second-order valence-electron chi connectivity index (χ2n) is 6.58. The van der Waals surface area contributed by atoms with Crippen molar-refractivity contribution in [1.82, 2.24) is 15.6 Å². The van der Waals surface area contributed by atoms with Crippen molar-refractivity contribution >= 4 is 23.2 Å². The normalized spacial score (nSPS) is 19.8. The lowest BCUT2D eigenvalue weighted by Crippen LogP contribution is -2.50. The molecule has 130 valence electrons. The van der Waals surface area contributed by atoms with Crippen LogP contribution in [0.4, 0.5) is 11.4 Å². The van der Waals surface area contributed by atoms with Crippen LogP contribution in [-0.2, 0) is 16.1 Å². The van der Waals surface area contributed by atoms with Gasteiger partial charge in [0, 0.05) is 43.3 Å². The zero-order valence-electron chi connectivity index (χ0n) is 14.2. The van der Waals surface area contributed by atoms with Gasteiger partial charge in [0.25, 0.3) is 0 Å². The van der Waals surface area contributed by atoms with Crippen LogP contribution in [0.15, 0.2) is 48.8 Å². The molecule has 6 nitrogen and oxygen atoms in total. The fourth-order valence-electron chi connectivity index (χ4n) is 2.76. The molecule has 0 radical (unpaired) electrons. The number of hydrogen-bond acceptors (Lipinski definition) is 4. The average molecular weight is 338 g/mol. The van der Waals surface area contributed by atoms with Crippen molar-refractivity contribution in [3.63, 3.8) is 0 Å². The number of carbonyl (C=O) groups excluding carboxylic acids is 2. The first-order valence-electron chi connectivity index (χ1n) is 8.36. The number of piperidine rings is 1. The van der Waals surface area contributed by atoms with Crippen molar-refractivity contribution in [3.8, 4) is 0 Å². The summed E-state index contributed by atoms with van der Waals surface area (Å²) in [5.41, 5.74) is 2.44. The molecule has 6 heteroatoms. The molecule has 1 aromatic heterocycles. The van der Waals surface area contributed by atoms with Gasteiger partial charge >= 0.3 is 0 Å². The van der Waals surface area contributed by atoms with Crippen LogP contribution in [0, 0.1) is 5.41 Å². The fourth-order valence-corrected chi connectivity index (χ4v) is 2.76. The number of carbonyl (C=O) groups is 2. The maximum absolute atomic E-state index is 12.4. The number of hydrogen-bond donors (Lipinski definition) is 3. The lowest BCUT2D eigenvalue weighted by molar-refractivity contribution is -0.134. The van der Waals surface area contributed by atoms with E-state index < -0.39 is 5.41 Å². The van der Waals surface area contributed by atoms with Crippen molar-refractivity contribution in [2.24, 2.45) is 5.41 Å². The average Bonchev–Trinajstić information content (AvgIpc) is 2.64. The highest BCUT2D eigenvalue weighted by Gasteiger charge is 2.36. The summed E-state index contributed by atoms with van der Waals surface area (Å²) in [6.45, 7) is 2.76. The van der Waals surface area contributed by atoms with E-state index in [1.54, 1.807) is 12.4 Å². The minimum Gasteiger partial charge on any atom is -0.355 e. The van der Waals surface area contributed by atoms with Gasteiger partial charge in [-0.1, -0.05) is 12.1 Å². The van der Waals surface area contributed by atoms with Crippen LogP contribution in [0.3, 0.4) is 0 Å². The SMILES string of the molecule is CC1(C(=O)NCc2ccc(Nc3ccncc3)cc2)CCC(=O)NC1. The first-order valence-corrected chi connectivity index (χ1v) is 8.36. The van der Waals surface area contributed by atoms with Crippen LogP contribution in [0.1, 0.15) is 25.3 Å². The molecule has 3 N–H and O–H groups in total. The van der Waals surface area contributed by atoms with Crippen LogP contribution in [0.2, 0.25) is 0 Å². The Hall–Kier alpha value is -2.89. The molecule has 3 rings (SSSR count). The number of nitrogens with one attached hydrogen (secondary N) is 3. The largest absolute Gasteiger partial charge is 0.355 e. The number of pyridine rings is 1. The lowest BCUT2D eigenvalue weighted by atomic mass is 9.81. The van der Waals surface area contributed by atoms with Gasteiger partial charge in [0.2, 0.25) is 11.8 Å². The summed E-state index contributed by atoms with van der Waals surface area (Å²) < 4.78 is 0. The zero-order valence-corrected chi connectivity index (χ0v) is 14.2. The molecular weight excluding hydrogens is 316 g/mol. The molecule has 1 fully saturated rings. The van der Waals surface area contributed by atoms with Crippen LogP contribution >= 0.6 is 0 Å². The monoisotopic (exact) mass is 338 g/mol. The van der Waals surface area contributed by atoms with Gasteiger partial charge in [0.1, 0.15) is 0 Å². The maximum Gasteiger partial charge on any atom is 0.228 e. The number of nitrogens with zero attached hydrogens (tertiary/aromatic N) is 1. The van der Waals surface area contributed by atoms with Gasteiger partial charge in [-0.05, 0) is 43.2 Å². The molecule has 1 aromatic carbocycles. The highest BCUT2D eigenvalue weighted by Crippen LogP contribution is 2.26. The zero-order chi connectivity index (χ0) is 17.7. The van der Waals surface area contributed by atoms with E-state index in [-0.39, 0.29) is 11.8 Å². The van der Waals surface area contributed by atoms with Crippen LogP contribution in [-0.4, -0.2) is 23.3 Å². The van der Waals surface area contributed by atoms with Gasteiger partial charge in [0.05, 0.1) is 5.41 Å². The standard InChI is InChI=1S/C19H22N4O2/c1-19(9-6-17(24)22-13-19)18(25)21-12-14-2-4-15(5-3-14)23-16-7-10-20-11-8-16/h2-5,7-8,10-11H,6,9,12-13H2,1H3,(H,20,23)(H,21,25)(H,22,24). The number of anilines is 2. The van der Waals surface area contributed by atoms with Crippen molar-refractivity contribution in [1.29, 1.82) is 0 Å². The number of rotatable bonds is 5. The molecule has 2 aromatic rings. The highest BCUT2D eigenvalue weighted by atomic mass is 16.2. The van der Waals surface area contributed by atoms with Gasteiger partial charge in [-0.25, -0.2) is 0 Å². The predicted octanol–water partition coefficient (Wildman–Crippen LogP) is 2.36. The van der Waals surface area contributed by atoms with Crippen molar-refractivity contribution in [3.05, 3.63) is 54.4 Å². The van der Waals surface area contributed by atoms with Crippen LogP contribution in [0.5, 0.6) is 0 Å². The molecule has 2 amide bonds. The second kappa shape index (κ2) is 7.34. The highest BCUT2D eigenvalue weighted by molar-refractivity contribution is 5.86. The van der Waals surface area contributed by atoms with Crippen LogP contribution in [0.25, 0.3) is 0 Å². The molecule has 1 unspecified atom stereocenters. The van der Waals surface area contributed by atoms with Crippen molar-refractivity contribution < 1.29 is 9.59 Å². The molecular formula is C19H22N4O2. The second-order valence-corrected chi connectivity index (χ2v) is 6.58. The topological polar surface area (TPSA) is 83.1 Å². The van der Waals surface area contributed by atoms with E-state index in [1.807, 2.05) is 43.3 Å². The van der Waals surface area contributed by atoms with Gasteiger partial charge in [-0.3, -0.25) is 14.6 Å². The Morgan fingerprint density at radius 2 is 1.84 bits per heavy atom. The minimum atomic E-state index is -0.531. The summed E-state index contributed by atoms with van der Waals surface area (Å²) in [7, 11) is 0. The smallest absolute Gasteiger partial charge is 0.228 e. The van der Waals surface area contributed by atoms with E-state index in [4.69, 9.17) is 0 Å². The first-order chi connectivity index (χ1) is 12.0. The van der Waals surface area contributed by atoms with E-state index >= 15 is 0 Å². The van der Waals surface area contributed by atoms with E-state index in [9.17, 15) is 9.59 Å². The third-order valence-corrected chi connectivity index (χ3v) is 4.50. The van der Waals surface area contributed by atoms with Gasteiger partial charge < -0.3 is 16.0 Å². The summed E-state index contributed by atoms with van der Waals surface area (Å²) in [4.78, 5) is 27.7. The Balaban J connectivity index is 1.53. The molecule has 1 atom stereocenters. The molecule has 1 aliphatic rings. The summed E-state index contributed by atoms with van der Waals surface area (Å²) in [5.74, 6) is -0.00551. The third kappa shape index (κ3) is 4.35. The summed E-state index contributed by atoms with van der Waals surface area (Å²) in [5, 5.41) is 9.03. The molecule has 1 saturated heterocycles. The van der Waals surface area contributed by atoms with Gasteiger partial charge in [-0.15, -0.1) is 0 Å². The molecule has 2 heterocycles.